The fourth-order valence-corrected chi connectivity index (χ4v) is 0.870. The third-order valence-corrected chi connectivity index (χ3v) is 1.56. The average Bonchev–Trinajstić information content (AvgIpc) is 1.94. The third kappa shape index (κ3) is 7.18. The van der Waals surface area contributed by atoms with Crippen LogP contribution >= 0.6 is 0 Å². The highest BCUT2D eigenvalue weighted by molar-refractivity contribution is 5.76. The van der Waals surface area contributed by atoms with Crippen LogP contribution < -0.4 is 5.32 Å². The second-order valence-electron chi connectivity index (χ2n) is 4.60. The topological polar surface area (TPSA) is 49.3 Å². The minimum atomic E-state index is -4.69. The molecule has 0 aromatic carbocycles. The molecular weight excluding hydrogens is 211 g/mol. The number of aliphatic hydroxyl groups is 1. The largest absolute Gasteiger partial charge is 0.416 e. The first kappa shape index (κ1) is 14.2. The van der Waals surface area contributed by atoms with Crippen LogP contribution in [0.3, 0.4) is 0 Å². The lowest BCUT2D eigenvalue weighted by atomic mass is 9.92. The van der Waals surface area contributed by atoms with Crippen LogP contribution in [0.4, 0.5) is 13.2 Å². The molecule has 15 heavy (non-hydrogen) atoms. The highest BCUT2D eigenvalue weighted by Gasteiger charge is 2.38. The van der Waals surface area contributed by atoms with Gasteiger partial charge in [0.1, 0.15) is 0 Å². The first-order chi connectivity index (χ1) is 6.52. The van der Waals surface area contributed by atoms with Gasteiger partial charge >= 0.3 is 6.18 Å². The number of rotatable bonds is 3. The van der Waals surface area contributed by atoms with Crippen LogP contribution in [0.2, 0.25) is 0 Å². The summed E-state index contributed by atoms with van der Waals surface area (Å²) in [6.45, 7) is 4.60. The molecular formula is C9H16F3NO2. The molecule has 0 aromatic rings. The number of hydrogen-bond acceptors (Lipinski definition) is 2. The third-order valence-electron chi connectivity index (χ3n) is 1.56. The lowest BCUT2D eigenvalue weighted by Gasteiger charge is -2.19. The van der Waals surface area contributed by atoms with Gasteiger partial charge in [-0.15, -0.1) is 0 Å². The fraction of sp³-hybridized carbons (Fsp3) is 0.889. The number of amides is 1. The summed E-state index contributed by atoms with van der Waals surface area (Å²) in [5.74, 6) is -0.495. The van der Waals surface area contributed by atoms with E-state index in [9.17, 15) is 18.0 Å². The molecule has 6 heteroatoms. The maximum Gasteiger partial charge on any atom is 0.416 e. The second kappa shape index (κ2) is 4.83. The predicted octanol–water partition coefficient (Wildman–Crippen LogP) is 1.46. The van der Waals surface area contributed by atoms with Crippen LogP contribution in [0, 0.1) is 5.41 Å². The van der Waals surface area contributed by atoms with E-state index in [0.717, 1.165) is 0 Å². The van der Waals surface area contributed by atoms with Gasteiger partial charge in [-0.2, -0.15) is 13.2 Å². The number of aliphatic hydroxyl groups excluding tert-OH is 1. The maximum absolute atomic E-state index is 11.8. The molecule has 0 aromatic heterocycles. The summed E-state index contributed by atoms with van der Waals surface area (Å²) in [4.78, 5) is 11.1. The number of hydrogen-bond donors (Lipinski definition) is 2. The van der Waals surface area contributed by atoms with Gasteiger partial charge in [0.15, 0.2) is 6.10 Å². The van der Waals surface area contributed by atoms with E-state index in [4.69, 9.17) is 5.11 Å². The van der Waals surface area contributed by atoms with Crippen LogP contribution in [-0.4, -0.2) is 29.8 Å². The van der Waals surface area contributed by atoms with Gasteiger partial charge in [-0.05, 0) is 5.41 Å². The van der Waals surface area contributed by atoms with Gasteiger partial charge in [0.2, 0.25) is 5.91 Å². The normalized spacial score (nSPS) is 14.9. The summed E-state index contributed by atoms with van der Waals surface area (Å²) in [6.07, 6.45) is -7.06. The summed E-state index contributed by atoms with van der Waals surface area (Å²) >= 11 is 0. The summed E-state index contributed by atoms with van der Waals surface area (Å²) in [5, 5.41) is 10.6. The molecule has 0 bridgehead atoms. The van der Waals surface area contributed by atoms with E-state index in [-0.39, 0.29) is 11.8 Å². The standard InChI is InChI=1S/C9H16F3NO2/c1-8(2,3)4-7(15)13-5-6(14)9(10,11)12/h6,14H,4-5H2,1-3H3,(H,13,15). The Morgan fingerprint density at radius 3 is 2.13 bits per heavy atom. The summed E-state index contributed by atoms with van der Waals surface area (Å²) in [6, 6.07) is 0. The van der Waals surface area contributed by atoms with Gasteiger partial charge in [-0.3, -0.25) is 4.79 Å². The Bertz CT molecular complexity index is 220. The molecule has 0 rings (SSSR count). The van der Waals surface area contributed by atoms with Gasteiger partial charge in [0.25, 0.3) is 0 Å². The predicted molar refractivity (Wildman–Crippen MR) is 49.1 cm³/mol. The van der Waals surface area contributed by atoms with Crippen LogP contribution in [0.25, 0.3) is 0 Å². The van der Waals surface area contributed by atoms with E-state index in [1.54, 1.807) is 20.8 Å². The molecule has 2 N–H and O–H groups in total. The summed E-state index contributed by atoms with van der Waals surface area (Å²) in [5.41, 5.74) is -0.284. The number of nitrogens with one attached hydrogen (secondary N) is 1. The van der Waals surface area contributed by atoms with Crippen molar-refractivity contribution in [3.63, 3.8) is 0 Å². The minimum absolute atomic E-state index is 0.123. The van der Waals surface area contributed by atoms with Crippen molar-refractivity contribution in [2.45, 2.75) is 39.5 Å². The smallest absolute Gasteiger partial charge is 0.382 e. The van der Waals surface area contributed by atoms with Crippen molar-refractivity contribution in [2.24, 2.45) is 5.41 Å². The molecule has 0 fully saturated rings. The van der Waals surface area contributed by atoms with Crippen LogP contribution in [0.5, 0.6) is 0 Å². The zero-order valence-corrected chi connectivity index (χ0v) is 8.98. The van der Waals surface area contributed by atoms with Crippen molar-refractivity contribution in [3.05, 3.63) is 0 Å². The van der Waals surface area contributed by atoms with Crippen LogP contribution in [0.15, 0.2) is 0 Å². The van der Waals surface area contributed by atoms with E-state index < -0.39 is 24.7 Å². The quantitative estimate of drug-likeness (QED) is 0.766. The molecule has 0 aliphatic carbocycles. The number of carbonyl (C=O) groups is 1. The molecule has 1 unspecified atom stereocenters. The number of carbonyl (C=O) groups excluding carboxylic acids is 1. The van der Waals surface area contributed by atoms with Gasteiger partial charge < -0.3 is 10.4 Å². The molecule has 0 saturated carbocycles. The van der Waals surface area contributed by atoms with Gasteiger partial charge in [-0.25, -0.2) is 0 Å². The Hall–Kier alpha value is -0.780. The molecule has 0 aliphatic heterocycles. The van der Waals surface area contributed by atoms with Crippen molar-refractivity contribution in [2.75, 3.05) is 6.54 Å². The molecule has 0 aliphatic rings. The molecule has 0 spiro atoms. The van der Waals surface area contributed by atoms with E-state index in [0.29, 0.717) is 0 Å². The first-order valence-electron chi connectivity index (χ1n) is 4.54. The second-order valence-corrected chi connectivity index (χ2v) is 4.60. The molecule has 3 nitrogen and oxygen atoms in total. The van der Waals surface area contributed by atoms with E-state index >= 15 is 0 Å². The van der Waals surface area contributed by atoms with Crippen molar-refractivity contribution in [1.29, 1.82) is 0 Å². The van der Waals surface area contributed by atoms with Crippen molar-refractivity contribution in [3.8, 4) is 0 Å². The Morgan fingerprint density at radius 1 is 1.33 bits per heavy atom. The van der Waals surface area contributed by atoms with Crippen LogP contribution in [0.1, 0.15) is 27.2 Å². The highest BCUT2D eigenvalue weighted by atomic mass is 19.4. The van der Waals surface area contributed by atoms with Crippen molar-refractivity contribution in [1.82, 2.24) is 5.32 Å². The minimum Gasteiger partial charge on any atom is -0.382 e. The Kier molecular flexibility index (Phi) is 4.58. The van der Waals surface area contributed by atoms with Crippen LogP contribution in [-0.2, 0) is 4.79 Å². The van der Waals surface area contributed by atoms with E-state index in [1.165, 1.54) is 0 Å². The molecule has 0 saturated heterocycles. The Balaban J connectivity index is 3.92. The molecule has 1 amide bonds. The molecule has 0 heterocycles. The monoisotopic (exact) mass is 227 g/mol. The molecule has 90 valence electrons. The van der Waals surface area contributed by atoms with E-state index in [1.807, 2.05) is 5.32 Å². The lowest BCUT2D eigenvalue weighted by Crippen LogP contribution is -2.41. The molecule has 1 atom stereocenters. The average molecular weight is 227 g/mol. The SMILES string of the molecule is CC(C)(C)CC(=O)NCC(O)C(F)(F)F. The van der Waals surface area contributed by atoms with Gasteiger partial charge in [0.05, 0.1) is 6.54 Å². The van der Waals surface area contributed by atoms with Gasteiger partial charge in [0, 0.05) is 6.42 Å². The zero-order chi connectivity index (χ0) is 12.3. The van der Waals surface area contributed by atoms with E-state index in [2.05, 4.69) is 0 Å². The highest BCUT2D eigenvalue weighted by Crippen LogP contribution is 2.20. The van der Waals surface area contributed by atoms with Crippen molar-refractivity contribution >= 4 is 5.91 Å². The van der Waals surface area contributed by atoms with Crippen molar-refractivity contribution < 1.29 is 23.1 Å². The molecule has 0 radical (unpaired) electrons. The van der Waals surface area contributed by atoms with Gasteiger partial charge in [-0.1, -0.05) is 20.8 Å². The first-order valence-corrected chi connectivity index (χ1v) is 4.54. The Morgan fingerprint density at radius 2 is 1.80 bits per heavy atom. The number of alkyl halides is 3. The zero-order valence-electron chi connectivity index (χ0n) is 8.98. The lowest BCUT2D eigenvalue weighted by molar-refractivity contribution is -0.201. The Labute approximate surface area is 86.7 Å². The maximum atomic E-state index is 11.8. The number of halogens is 3. The fourth-order valence-electron chi connectivity index (χ4n) is 0.870. The summed E-state index contributed by atoms with van der Waals surface area (Å²) < 4.78 is 35.5. The summed E-state index contributed by atoms with van der Waals surface area (Å²) in [7, 11) is 0.